The summed E-state index contributed by atoms with van der Waals surface area (Å²) in [6, 6.07) is 8.94. The Labute approximate surface area is 211 Å². The molecule has 2 fully saturated rings. The Balaban J connectivity index is 0.00000363. The molecule has 182 valence electrons. The van der Waals surface area contributed by atoms with Gasteiger partial charge in [0.25, 0.3) is 0 Å². The van der Waals surface area contributed by atoms with Gasteiger partial charge in [-0.3, -0.25) is 4.99 Å². The second-order valence-corrected chi connectivity index (χ2v) is 9.31. The molecule has 2 aliphatic rings. The van der Waals surface area contributed by atoms with E-state index in [1.807, 2.05) is 0 Å². The number of rotatable bonds is 10. The van der Waals surface area contributed by atoms with E-state index >= 15 is 0 Å². The van der Waals surface area contributed by atoms with Crippen molar-refractivity contribution in [2.45, 2.75) is 52.5 Å². The van der Waals surface area contributed by atoms with Crippen LogP contribution in [0, 0.1) is 11.8 Å². The van der Waals surface area contributed by atoms with Crippen molar-refractivity contribution in [1.29, 1.82) is 0 Å². The van der Waals surface area contributed by atoms with E-state index in [2.05, 4.69) is 60.6 Å². The highest BCUT2D eigenvalue weighted by molar-refractivity contribution is 14.0. The lowest BCUT2D eigenvalue weighted by Crippen LogP contribution is -2.49. The lowest BCUT2D eigenvalue weighted by molar-refractivity contribution is 0.150. The molecule has 0 amide bonds. The summed E-state index contributed by atoms with van der Waals surface area (Å²) in [5.74, 6) is 3.17. The second-order valence-electron chi connectivity index (χ2n) is 9.31. The molecule has 2 heterocycles. The molecule has 2 aliphatic heterocycles. The van der Waals surface area contributed by atoms with E-state index in [1.165, 1.54) is 44.5 Å². The van der Waals surface area contributed by atoms with Gasteiger partial charge in [-0.25, -0.2) is 0 Å². The van der Waals surface area contributed by atoms with Crippen molar-refractivity contribution in [2.75, 3.05) is 52.5 Å². The number of benzene rings is 1. The number of aliphatic imine (C=N–C) groups is 1. The maximum absolute atomic E-state index is 5.77. The first kappa shape index (κ1) is 27.2. The first-order valence-electron chi connectivity index (χ1n) is 12.2. The van der Waals surface area contributed by atoms with Crippen molar-refractivity contribution in [3.63, 3.8) is 0 Å². The predicted molar refractivity (Wildman–Crippen MR) is 143 cm³/mol. The maximum Gasteiger partial charge on any atom is 0.191 e. The normalized spacial score (nSPS) is 20.2. The number of piperidine rings is 1. The highest BCUT2D eigenvalue weighted by atomic mass is 127. The molecule has 0 bridgehead atoms. The zero-order valence-corrected chi connectivity index (χ0v) is 22.5. The fraction of sp³-hybridized carbons (Fsp3) is 0.720. The number of hydrogen-bond donors (Lipinski definition) is 2. The fourth-order valence-corrected chi connectivity index (χ4v) is 4.18. The summed E-state index contributed by atoms with van der Waals surface area (Å²) in [6.45, 7) is 14.3. The summed E-state index contributed by atoms with van der Waals surface area (Å²) in [7, 11) is 0. The van der Waals surface area contributed by atoms with Gasteiger partial charge in [-0.05, 0) is 62.1 Å². The molecule has 2 N–H and O–H groups in total. The van der Waals surface area contributed by atoms with Crippen LogP contribution < -0.4 is 15.4 Å². The molecule has 1 atom stereocenters. The molecule has 1 aromatic carbocycles. The average Bonchev–Trinajstić information content (AvgIpc) is 3.28. The molecule has 7 heteroatoms. The molecule has 6 nitrogen and oxygen atoms in total. The van der Waals surface area contributed by atoms with Crippen LogP contribution >= 0.6 is 24.0 Å². The number of nitrogens with one attached hydrogen (secondary N) is 2. The standard InChI is InChI=1S/C25H42N4O2.HI/c1-4-26-25(27-13-9-21-5-7-24(8-6-21)31-18-20(2)3)28-23-10-14-29(15-11-23)17-22-12-16-30-19-22;/h5-8,20,22-23H,4,9-19H2,1-3H3,(H2,26,27,28);1H. The fourth-order valence-electron chi connectivity index (χ4n) is 4.18. The number of halogens is 1. The smallest absolute Gasteiger partial charge is 0.191 e. The quantitative estimate of drug-likeness (QED) is 0.259. The summed E-state index contributed by atoms with van der Waals surface area (Å²) in [5, 5.41) is 7.07. The van der Waals surface area contributed by atoms with E-state index in [0.29, 0.717) is 12.0 Å². The maximum atomic E-state index is 5.77. The Morgan fingerprint density at radius 3 is 2.56 bits per heavy atom. The van der Waals surface area contributed by atoms with Gasteiger partial charge in [-0.15, -0.1) is 24.0 Å². The third-order valence-corrected chi connectivity index (χ3v) is 5.99. The Bertz CT molecular complexity index is 654. The van der Waals surface area contributed by atoms with E-state index in [-0.39, 0.29) is 24.0 Å². The lowest BCUT2D eigenvalue weighted by Gasteiger charge is -2.34. The zero-order chi connectivity index (χ0) is 21.9. The predicted octanol–water partition coefficient (Wildman–Crippen LogP) is 3.94. The zero-order valence-electron chi connectivity index (χ0n) is 20.1. The summed E-state index contributed by atoms with van der Waals surface area (Å²) < 4.78 is 11.3. The van der Waals surface area contributed by atoms with Gasteiger partial charge in [0.1, 0.15) is 5.75 Å². The summed E-state index contributed by atoms with van der Waals surface area (Å²) in [4.78, 5) is 7.43. The van der Waals surface area contributed by atoms with Crippen LogP contribution in [-0.4, -0.2) is 69.4 Å². The second kappa shape index (κ2) is 15.0. The molecule has 1 unspecified atom stereocenters. The van der Waals surface area contributed by atoms with Gasteiger partial charge < -0.3 is 25.0 Å². The number of ether oxygens (including phenoxy) is 2. The molecule has 0 saturated carbocycles. The van der Waals surface area contributed by atoms with E-state index in [9.17, 15) is 0 Å². The third-order valence-electron chi connectivity index (χ3n) is 5.99. The monoisotopic (exact) mass is 558 g/mol. The number of guanidine groups is 1. The van der Waals surface area contributed by atoms with E-state index < -0.39 is 0 Å². The summed E-state index contributed by atoms with van der Waals surface area (Å²) in [6.07, 6.45) is 4.51. The van der Waals surface area contributed by atoms with Crippen LogP contribution in [-0.2, 0) is 11.2 Å². The highest BCUT2D eigenvalue weighted by Gasteiger charge is 2.24. The van der Waals surface area contributed by atoms with E-state index in [1.54, 1.807) is 0 Å². The van der Waals surface area contributed by atoms with Gasteiger partial charge in [-0.2, -0.15) is 0 Å². The third kappa shape index (κ3) is 9.83. The molecule has 0 spiro atoms. The number of hydrogen-bond acceptors (Lipinski definition) is 4. The van der Waals surface area contributed by atoms with E-state index in [4.69, 9.17) is 14.5 Å². The molecular weight excluding hydrogens is 515 g/mol. The van der Waals surface area contributed by atoms with Crippen LogP contribution in [0.5, 0.6) is 5.75 Å². The topological polar surface area (TPSA) is 58.1 Å². The van der Waals surface area contributed by atoms with Crippen LogP contribution in [0.15, 0.2) is 29.3 Å². The Morgan fingerprint density at radius 1 is 1.19 bits per heavy atom. The van der Waals surface area contributed by atoms with Gasteiger partial charge in [0.05, 0.1) is 13.2 Å². The van der Waals surface area contributed by atoms with Crippen LogP contribution in [0.25, 0.3) is 0 Å². The van der Waals surface area contributed by atoms with Crippen LogP contribution in [0.1, 0.15) is 45.6 Å². The van der Waals surface area contributed by atoms with Gasteiger partial charge in [-0.1, -0.05) is 26.0 Å². The van der Waals surface area contributed by atoms with Gasteiger partial charge in [0, 0.05) is 45.4 Å². The molecule has 0 radical (unpaired) electrons. The van der Waals surface area contributed by atoms with E-state index in [0.717, 1.165) is 57.0 Å². The van der Waals surface area contributed by atoms with Gasteiger partial charge >= 0.3 is 0 Å². The highest BCUT2D eigenvalue weighted by Crippen LogP contribution is 2.18. The van der Waals surface area contributed by atoms with Crippen LogP contribution in [0.3, 0.4) is 0 Å². The molecule has 1 aromatic rings. The van der Waals surface area contributed by atoms with Crippen molar-refractivity contribution in [3.8, 4) is 5.75 Å². The Hall–Kier alpha value is -1.06. The Kier molecular flexibility index (Phi) is 12.7. The molecule has 32 heavy (non-hydrogen) atoms. The van der Waals surface area contributed by atoms with Crippen LogP contribution in [0.4, 0.5) is 0 Å². The van der Waals surface area contributed by atoms with Gasteiger partial charge in [0.2, 0.25) is 0 Å². The minimum Gasteiger partial charge on any atom is -0.493 e. The molecule has 0 aliphatic carbocycles. The lowest BCUT2D eigenvalue weighted by atomic mass is 10.0. The first-order valence-corrected chi connectivity index (χ1v) is 12.2. The minimum absolute atomic E-state index is 0. The SMILES string of the molecule is CCNC(=NCCc1ccc(OCC(C)C)cc1)NC1CCN(CC2CCOC2)CC1.I. The van der Waals surface area contributed by atoms with Crippen molar-refractivity contribution < 1.29 is 9.47 Å². The first-order chi connectivity index (χ1) is 15.1. The molecule has 3 rings (SSSR count). The van der Waals surface area contributed by atoms with Gasteiger partial charge in [0.15, 0.2) is 5.96 Å². The average molecular weight is 559 g/mol. The minimum atomic E-state index is 0. The number of likely N-dealkylation sites (tertiary alicyclic amines) is 1. The largest absolute Gasteiger partial charge is 0.493 e. The molecule has 0 aromatic heterocycles. The van der Waals surface area contributed by atoms with Crippen LogP contribution in [0.2, 0.25) is 0 Å². The van der Waals surface area contributed by atoms with Crippen molar-refractivity contribution in [3.05, 3.63) is 29.8 Å². The summed E-state index contributed by atoms with van der Waals surface area (Å²) in [5.41, 5.74) is 1.29. The molecular formula is C25H43IN4O2. The Morgan fingerprint density at radius 2 is 1.94 bits per heavy atom. The molecule has 2 saturated heterocycles. The number of nitrogens with zero attached hydrogens (tertiary/aromatic N) is 2. The van der Waals surface area contributed by atoms with Crippen molar-refractivity contribution in [1.82, 2.24) is 15.5 Å². The van der Waals surface area contributed by atoms with Crippen molar-refractivity contribution in [2.24, 2.45) is 16.8 Å². The van der Waals surface area contributed by atoms with Crippen molar-refractivity contribution >= 4 is 29.9 Å². The summed E-state index contributed by atoms with van der Waals surface area (Å²) >= 11 is 0.